The van der Waals surface area contributed by atoms with Gasteiger partial charge >= 0.3 is 0 Å². The lowest BCUT2D eigenvalue weighted by molar-refractivity contribution is 0.0958. The summed E-state index contributed by atoms with van der Waals surface area (Å²) in [5, 5.41) is 11.9. The maximum Gasteiger partial charge on any atom is 0.269 e. The molecule has 0 atom stereocenters. The lowest BCUT2D eigenvalue weighted by Gasteiger charge is -2.10. The molecule has 18 heavy (non-hydrogen) atoms. The molecule has 96 valence electrons. The number of aromatic nitrogens is 1. The van der Waals surface area contributed by atoms with E-state index in [1.807, 2.05) is 6.92 Å². The summed E-state index contributed by atoms with van der Waals surface area (Å²) in [5.74, 6) is -0.164. The van der Waals surface area contributed by atoms with Gasteiger partial charge in [0.2, 0.25) is 0 Å². The Kier molecular flexibility index (Phi) is 4.48. The first-order valence-corrected chi connectivity index (χ1v) is 5.44. The average Bonchev–Trinajstić information content (AvgIpc) is 2.37. The number of nitrogens with zero attached hydrogens (tertiary/aromatic N) is 1. The third kappa shape index (κ3) is 3.10. The zero-order chi connectivity index (χ0) is 13.7. The van der Waals surface area contributed by atoms with Crippen LogP contribution in [0.2, 0.25) is 0 Å². The minimum Gasteiger partial charge on any atom is -0.508 e. The summed E-state index contributed by atoms with van der Waals surface area (Å²) in [6.45, 7) is 9.40. The molecule has 1 aromatic heterocycles. The fourth-order valence-electron chi connectivity index (χ4n) is 1.33. The smallest absolute Gasteiger partial charge is 0.269 e. The zero-order valence-corrected chi connectivity index (χ0v) is 10.5. The molecule has 0 bridgehead atoms. The van der Waals surface area contributed by atoms with Gasteiger partial charge in [-0.3, -0.25) is 4.79 Å². The molecular weight excluding hydrogens is 232 g/mol. The number of aliphatic hydroxyl groups excluding tert-OH is 1. The van der Waals surface area contributed by atoms with Gasteiger partial charge in [0.15, 0.2) is 0 Å². The topological polar surface area (TPSA) is 71.5 Å². The second-order valence-corrected chi connectivity index (χ2v) is 3.51. The summed E-state index contributed by atoms with van der Waals surface area (Å²) >= 11 is 0. The summed E-state index contributed by atoms with van der Waals surface area (Å²) in [5.41, 5.74) is 0.962. The van der Waals surface area contributed by atoms with Crippen LogP contribution < -0.4 is 5.32 Å². The van der Waals surface area contributed by atoms with E-state index in [4.69, 9.17) is 4.74 Å². The monoisotopic (exact) mass is 248 g/mol. The van der Waals surface area contributed by atoms with E-state index in [0.717, 1.165) is 0 Å². The van der Waals surface area contributed by atoms with Crippen LogP contribution in [0.15, 0.2) is 25.3 Å². The highest BCUT2D eigenvalue weighted by Gasteiger charge is 2.12. The fraction of sp³-hybridized carbons (Fsp3) is 0.231. The molecule has 0 aliphatic heterocycles. The molecule has 1 amide bonds. The number of carbonyl (C=O) groups excluding carboxylic acids is 1. The minimum absolute atomic E-state index is 0.145. The van der Waals surface area contributed by atoms with Crippen molar-refractivity contribution in [2.45, 2.75) is 6.92 Å². The van der Waals surface area contributed by atoms with Crippen molar-refractivity contribution in [3.63, 3.8) is 0 Å². The summed E-state index contributed by atoms with van der Waals surface area (Å²) in [6, 6.07) is 3.01. The second-order valence-electron chi connectivity index (χ2n) is 3.51. The molecule has 0 aliphatic rings. The van der Waals surface area contributed by atoms with Crippen LogP contribution in [-0.2, 0) is 4.74 Å². The normalized spacial score (nSPS) is 9.67. The van der Waals surface area contributed by atoms with Gasteiger partial charge in [0.25, 0.3) is 5.91 Å². The van der Waals surface area contributed by atoms with Crippen molar-refractivity contribution in [1.29, 1.82) is 0 Å². The molecule has 1 aromatic rings. The van der Waals surface area contributed by atoms with Crippen LogP contribution >= 0.6 is 0 Å². The Morgan fingerprint density at radius 1 is 1.44 bits per heavy atom. The highest BCUT2D eigenvalue weighted by molar-refractivity contribution is 5.93. The average molecular weight is 248 g/mol. The van der Waals surface area contributed by atoms with E-state index in [1.165, 1.54) is 13.1 Å². The SMILES string of the molecule is C=C(O)c1cc(C(=C)OCC)nc(C(=O)NC)c1. The predicted octanol–water partition coefficient (Wildman–Crippen LogP) is 1.98. The largest absolute Gasteiger partial charge is 0.508 e. The van der Waals surface area contributed by atoms with Crippen molar-refractivity contribution < 1.29 is 14.6 Å². The predicted molar refractivity (Wildman–Crippen MR) is 70.0 cm³/mol. The lowest BCUT2D eigenvalue weighted by Crippen LogP contribution is -2.20. The van der Waals surface area contributed by atoms with Gasteiger partial charge in [-0.05, 0) is 19.1 Å². The fourth-order valence-corrected chi connectivity index (χ4v) is 1.33. The van der Waals surface area contributed by atoms with E-state index in [0.29, 0.717) is 23.6 Å². The lowest BCUT2D eigenvalue weighted by atomic mass is 10.1. The minimum atomic E-state index is -0.358. The standard InChI is InChI=1S/C13H16N2O3/c1-5-18-9(3)11-6-10(8(2)16)7-12(15-11)13(17)14-4/h6-7,16H,2-3,5H2,1,4H3,(H,14,17). The number of rotatable bonds is 5. The Balaban J connectivity index is 3.26. The third-order valence-electron chi connectivity index (χ3n) is 2.22. The van der Waals surface area contributed by atoms with E-state index >= 15 is 0 Å². The Hall–Kier alpha value is -2.30. The van der Waals surface area contributed by atoms with Crippen LogP contribution in [-0.4, -0.2) is 29.7 Å². The first-order valence-electron chi connectivity index (χ1n) is 5.44. The Morgan fingerprint density at radius 3 is 2.56 bits per heavy atom. The van der Waals surface area contributed by atoms with Gasteiger partial charge in [0, 0.05) is 12.6 Å². The van der Waals surface area contributed by atoms with E-state index in [1.54, 1.807) is 6.07 Å². The number of pyridine rings is 1. The number of hydrogen-bond acceptors (Lipinski definition) is 4. The molecule has 0 saturated carbocycles. The summed E-state index contributed by atoms with van der Waals surface area (Å²) < 4.78 is 5.23. The molecule has 0 aliphatic carbocycles. The van der Waals surface area contributed by atoms with E-state index in [-0.39, 0.29) is 17.4 Å². The molecule has 0 saturated heterocycles. The van der Waals surface area contributed by atoms with Crippen molar-refractivity contribution in [3.8, 4) is 0 Å². The van der Waals surface area contributed by atoms with Crippen molar-refractivity contribution in [3.05, 3.63) is 42.2 Å². The molecule has 0 fully saturated rings. The van der Waals surface area contributed by atoms with Gasteiger partial charge in [-0.1, -0.05) is 13.2 Å². The maximum atomic E-state index is 11.6. The van der Waals surface area contributed by atoms with Crippen LogP contribution in [0.1, 0.15) is 28.7 Å². The third-order valence-corrected chi connectivity index (χ3v) is 2.22. The first-order chi connectivity index (χ1) is 8.49. The zero-order valence-electron chi connectivity index (χ0n) is 10.5. The number of nitrogens with one attached hydrogen (secondary N) is 1. The number of amides is 1. The summed E-state index contributed by atoms with van der Waals surface area (Å²) in [7, 11) is 1.50. The number of carbonyl (C=O) groups is 1. The van der Waals surface area contributed by atoms with Gasteiger partial charge in [-0.15, -0.1) is 0 Å². The molecule has 0 aromatic carbocycles. The van der Waals surface area contributed by atoms with Crippen LogP contribution in [0, 0.1) is 0 Å². The number of hydrogen-bond donors (Lipinski definition) is 2. The van der Waals surface area contributed by atoms with Gasteiger partial charge in [-0.25, -0.2) is 4.98 Å². The Labute approximate surface area is 106 Å². The van der Waals surface area contributed by atoms with Crippen molar-refractivity contribution in [1.82, 2.24) is 10.3 Å². The highest BCUT2D eigenvalue weighted by Crippen LogP contribution is 2.18. The van der Waals surface area contributed by atoms with Crippen LogP contribution in [0.3, 0.4) is 0 Å². The van der Waals surface area contributed by atoms with Crippen molar-refractivity contribution in [2.75, 3.05) is 13.7 Å². The van der Waals surface area contributed by atoms with E-state index in [9.17, 15) is 9.90 Å². The molecule has 2 N–H and O–H groups in total. The van der Waals surface area contributed by atoms with E-state index < -0.39 is 0 Å². The molecule has 0 spiro atoms. The van der Waals surface area contributed by atoms with Crippen LogP contribution in [0.25, 0.3) is 11.5 Å². The molecule has 1 heterocycles. The Bertz CT molecular complexity index is 495. The molecule has 0 radical (unpaired) electrons. The van der Waals surface area contributed by atoms with Gasteiger partial charge in [0.1, 0.15) is 22.9 Å². The van der Waals surface area contributed by atoms with Gasteiger partial charge in [-0.2, -0.15) is 0 Å². The molecule has 0 unspecified atom stereocenters. The Morgan fingerprint density at radius 2 is 2.06 bits per heavy atom. The summed E-state index contributed by atoms with van der Waals surface area (Å²) in [4.78, 5) is 15.7. The number of aliphatic hydroxyl groups is 1. The van der Waals surface area contributed by atoms with Crippen LogP contribution in [0.4, 0.5) is 0 Å². The summed E-state index contributed by atoms with van der Waals surface area (Å²) in [6.07, 6.45) is 0. The van der Waals surface area contributed by atoms with Crippen molar-refractivity contribution in [2.24, 2.45) is 0 Å². The first kappa shape index (κ1) is 13.8. The molecule has 5 heteroatoms. The molecule has 5 nitrogen and oxygen atoms in total. The highest BCUT2D eigenvalue weighted by atomic mass is 16.5. The second kappa shape index (κ2) is 5.86. The van der Waals surface area contributed by atoms with Crippen molar-refractivity contribution >= 4 is 17.4 Å². The molecule has 1 rings (SSSR count). The van der Waals surface area contributed by atoms with Gasteiger partial charge in [0.05, 0.1) is 6.61 Å². The quantitative estimate of drug-likeness (QED) is 0.781. The molecular formula is C13H16N2O3. The maximum absolute atomic E-state index is 11.6. The number of ether oxygens (including phenoxy) is 1. The van der Waals surface area contributed by atoms with Gasteiger partial charge < -0.3 is 15.2 Å². The van der Waals surface area contributed by atoms with Crippen LogP contribution in [0.5, 0.6) is 0 Å². The van der Waals surface area contributed by atoms with E-state index in [2.05, 4.69) is 23.5 Å².